The van der Waals surface area contributed by atoms with Crippen molar-refractivity contribution in [1.29, 1.82) is 0 Å². The van der Waals surface area contributed by atoms with Crippen LogP contribution in [0.25, 0.3) is 0 Å². The molecule has 2 heteroatoms. The van der Waals surface area contributed by atoms with Gasteiger partial charge in [0.25, 0.3) is 0 Å². The molecule has 0 unspecified atom stereocenters. The Hall–Kier alpha value is -1.31. The Morgan fingerprint density at radius 1 is 1.36 bits per heavy atom. The third kappa shape index (κ3) is 1.24. The quantitative estimate of drug-likeness (QED) is 0.622. The Balaban J connectivity index is 2.29. The Labute approximate surface area is 66.0 Å². The number of hydrogen-bond donors (Lipinski definition) is 1. The highest BCUT2D eigenvalue weighted by atomic mass is 15.1. The summed E-state index contributed by atoms with van der Waals surface area (Å²) in [6.45, 7) is 1.86. The van der Waals surface area contributed by atoms with E-state index in [0.29, 0.717) is 0 Å². The zero-order chi connectivity index (χ0) is 7.52. The van der Waals surface area contributed by atoms with Crippen LogP contribution in [-0.4, -0.2) is 18.9 Å². The highest BCUT2D eigenvalue weighted by Crippen LogP contribution is 2.01. The number of nitrogens with one attached hydrogen (secondary N) is 1. The van der Waals surface area contributed by atoms with E-state index in [1.54, 1.807) is 0 Å². The van der Waals surface area contributed by atoms with Crippen molar-refractivity contribution < 1.29 is 0 Å². The third-order valence-corrected chi connectivity index (χ3v) is 1.67. The van der Waals surface area contributed by atoms with Gasteiger partial charge in [-0.1, -0.05) is 24.3 Å². The maximum atomic E-state index is 4.30. The summed E-state index contributed by atoms with van der Waals surface area (Å²) < 4.78 is 0. The van der Waals surface area contributed by atoms with Gasteiger partial charge in [0.15, 0.2) is 0 Å². The molecule has 55 valence electrons. The molecule has 1 N–H and O–H groups in total. The van der Waals surface area contributed by atoms with Crippen molar-refractivity contribution in [3.05, 3.63) is 35.9 Å². The fraction of sp³-hybridized carbons (Fsp3) is 0.222. The van der Waals surface area contributed by atoms with Gasteiger partial charge in [-0.2, -0.15) is 0 Å². The zero-order valence-electron chi connectivity index (χ0n) is 6.17. The van der Waals surface area contributed by atoms with E-state index in [1.165, 1.54) is 0 Å². The molecule has 1 aromatic rings. The topological polar surface area (TPSA) is 24.4 Å². The second-order valence-electron chi connectivity index (χ2n) is 2.45. The summed E-state index contributed by atoms with van der Waals surface area (Å²) in [5.41, 5.74) is 1.15. The normalized spacial score (nSPS) is 15.8. The molecule has 11 heavy (non-hydrogen) atoms. The first-order chi connectivity index (χ1) is 5.47. The van der Waals surface area contributed by atoms with Crippen LogP contribution in [0.3, 0.4) is 0 Å². The van der Waals surface area contributed by atoms with Gasteiger partial charge in [-0.25, -0.2) is 0 Å². The summed E-state index contributed by atoms with van der Waals surface area (Å²) >= 11 is 0. The summed E-state index contributed by atoms with van der Waals surface area (Å²) in [7, 11) is 0. The lowest BCUT2D eigenvalue weighted by Crippen LogP contribution is -2.19. The van der Waals surface area contributed by atoms with Crippen molar-refractivity contribution in [2.45, 2.75) is 0 Å². The maximum absolute atomic E-state index is 4.30. The van der Waals surface area contributed by atoms with Gasteiger partial charge in [0, 0.05) is 12.1 Å². The average Bonchev–Trinajstić information content (AvgIpc) is 2.58. The van der Waals surface area contributed by atoms with Gasteiger partial charge in [0.05, 0.1) is 6.54 Å². The number of benzene rings is 1. The molecule has 0 fully saturated rings. The average molecular weight is 145 g/mol. The smallest absolute Gasteiger partial charge is 0.128 e. The van der Waals surface area contributed by atoms with Crippen LogP contribution in [0.5, 0.6) is 0 Å². The molecule has 0 aromatic heterocycles. The van der Waals surface area contributed by atoms with Crippen LogP contribution in [0.15, 0.2) is 29.3 Å². The van der Waals surface area contributed by atoms with E-state index < -0.39 is 0 Å². The van der Waals surface area contributed by atoms with E-state index in [4.69, 9.17) is 0 Å². The molecular weight excluding hydrogens is 136 g/mol. The van der Waals surface area contributed by atoms with Crippen LogP contribution < -0.4 is 5.32 Å². The summed E-state index contributed by atoms with van der Waals surface area (Å²) in [6, 6.07) is 10.8. The number of rotatable bonds is 1. The molecule has 1 aliphatic heterocycles. The second kappa shape index (κ2) is 2.74. The molecule has 0 bridgehead atoms. The number of nitrogens with zero attached hydrogens (tertiary/aromatic N) is 1. The highest BCUT2D eigenvalue weighted by Gasteiger charge is 2.05. The third-order valence-electron chi connectivity index (χ3n) is 1.67. The molecule has 0 spiro atoms. The Morgan fingerprint density at radius 2 is 2.18 bits per heavy atom. The van der Waals surface area contributed by atoms with E-state index in [1.807, 2.05) is 24.3 Å². The molecule has 0 amide bonds. The monoisotopic (exact) mass is 145 g/mol. The molecular formula is C9H9N2. The number of aliphatic imine (C=N–C) groups is 1. The van der Waals surface area contributed by atoms with Crippen LogP contribution >= 0.6 is 0 Å². The van der Waals surface area contributed by atoms with Crippen LogP contribution in [0.1, 0.15) is 5.56 Å². The largest absolute Gasteiger partial charge is 0.368 e. The van der Waals surface area contributed by atoms with Crippen molar-refractivity contribution in [2.75, 3.05) is 13.1 Å². The van der Waals surface area contributed by atoms with E-state index in [9.17, 15) is 0 Å². The SMILES string of the molecule is [c]1ccc(C2=NCCN2)cc1. The predicted molar refractivity (Wildman–Crippen MR) is 44.7 cm³/mol. The van der Waals surface area contributed by atoms with Crippen molar-refractivity contribution in [1.82, 2.24) is 5.32 Å². The van der Waals surface area contributed by atoms with Crippen molar-refractivity contribution in [3.63, 3.8) is 0 Å². The van der Waals surface area contributed by atoms with Crippen LogP contribution in [0.4, 0.5) is 0 Å². The molecule has 0 saturated carbocycles. The maximum Gasteiger partial charge on any atom is 0.128 e. The highest BCUT2D eigenvalue weighted by molar-refractivity contribution is 5.99. The minimum atomic E-state index is 0.897. The predicted octanol–water partition coefficient (Wildman–Crippen LogP) is 0.837. The van der Waals surface area contributed by atoms with Crippen molar-refractivity contribution in [3.8, 4) is 0 Å². The van der Waals surface area contributed by atoms with Gasteiger partial charge in [0.2, 0.25) is 0 Å². The Bertz CT molecular complexity index is 264. The van der Waals surface area contributed by atoms with Crippen molar-refractivity contribution in [2.24, 2.45) is 4.99 Å². The van der Waals surface area contributed by atoms with Crippen LogP contribution in [-0.2, 0) is 0 Å². The van der Waals surface area contributed by atoms with Gasteiger partial charge in [-0.3, -0.25) is 4.99 Å². The first-order valence-corrected chi connectivity index (χ1v) is 3.71. The zero-order valence-corrected chi connectivity index (χ0v) is 6.17. The molecule has 0 saturated heterocycles. The summed E-state index contributed by atoms with van der Waals surface area (Å²) in [4.78, 5) is 4.30. The Kier molecular flexibility index (Phi) is 1.60. The molecule has 0 atom stereocenters. The van der Waals surface area contributed by atoms with Gasteiger partial charge >= 0.3 is 0 Å². The fourth-order valence-corrected chi connectivity index (χ4v) is 1.14. The fourth-order valence-electron chi connectivity index (χ4n) is 1.14. The first kappa shape index (κ1) is 6.40. The number of amidine groups is 1. The molecule has 1 heterocycles. The summed E-state index contributed by atoms with van der Waals surface area (Å²) in [6.07, 6.45) is 0. The molecule has 1 aromatic carbocycles. The molecule has 1 radical (unpaired) electrons. The lowest BCUT2D eigenvalue weighted by Gasteiger charge is -1.99. The lowest BCUT2D eigenvalue weighted by molar-refractivity contribution is 0.960. The van der Waals surface area contributed by atoms with Crippen LogP contribution in [0.2, 0.25) is 0 Å². The van der Waals surface area contributed by atoms with Crippen molar-refractivity contribution >= 4 is 5.84 Å². The van der Waals surface area contributed by atoms with Crippen LogP contribution in [0, 0.1) is 6.07 Å². The summed E-state index contributed by atoms with van der Waals surface area (Å²) in [5, 5.41) is 3.21. The first-order valence-electron chi connectivity index (χ1n) is 3.71. The molecule has 2 nitrogen and oxygen atoms in total. The minimum Gasteiger partial charge on any atom is -0.368 e. The van der Waals surface area contributed by atoms with E-state index in [0.717, 1.165) is 24.5 Å². The molecule has 2 rings (SSSR count). The Morgan fingerprint density at radius 3 is 2.82 bits per heavy atom. The minimum absolute atomic E-state index is 0.897. The van der Waals surface area contributed by atoms with Gasteiger partial charge in [-0.05, 0) is 6.07 Å². The lowest BCUT2D eigenvalue weighted by atomic mass is 10.2. The molecule has 0 aliphatic carbocycles. The second-order valence-corrected chi connectivity index (χ2v) is 2.45. The standard InChI is InChI=1S/C9H9N2/c1-2-4-8(5-3-1)9-10-6-7-11-9/h2-5H,6-7H2,(H,10,11). The van der Waals surface area contributed by atoms with E-state index in [-0.39, 0.29) is 0 Å². The number of hydrogen-bond acceptors (Lipinski definition) is 2. The van der Waals surface area contributed by atoms with E-state index in [2.05, 4.69) is 16.4 Å². The summed E-state index contributed by atoms with van der Waals surface area (Å²) in [5.74, 6) is 1.01. The molecule has 1 aliphatic rings. The van der Waals surface area contributed by atoms with Gasteiger partial charge in [0.1, 0.15) is 5.84 Å². The van der Waals surface area contributed by atoms with E-state index >= 15 is 0 Å². The van der Waals surface area contributed by atoms with Gasteiger partial charge < -0.3 is 5.32 Å². The van der Waals surface area contributed by atoms with Gasteiger partial charge in [-0.15, -0.1) is 0 Å².